The number of nitrogens with one attached hydrogen (secondary N) is 1. The van der Waals surface area contributed by atoms with Gasteiger partial charge >= 0.3 is 0 Å². The van der Waals surface area contributed by atoms with Crippen LogP contribution in [0.4, 0.5) is 4.39 Å². The number of piperidine rings is 1. The zero-order valence-electron chi connectivity index (χ0n) is 17.2. The van der Waals surface area contributed by atoms with Crippen molar-refractivity contribution in [1.29, 1.82) is 0 Å². The van der Waals surface area contributed by atoms with Crippen molar-refractivity contribution in [1.82, 2.24) is 19.4 Å². The van der Waals surface area contributed by atoms with E-state index in [0.29, 0.717) is 19.6 Å². The van der Waals surface area contributed by atoms with E-state index in [0.717, 1.165) is 57.6 Å². The number of benzene rings is 1. The molecule has 3 rings (SSSR count). The lowest BCUT2D eigenvalue weighted by Gasteiger charge is -2.36. The van der Waals surface area contributed by atoms with Crippen molar-refractivity contribution in [2.75, 3.05) is 52.9 Å². The molecule has 0 saturated carbocycles. The summed E-state index contributed by atoms with van der Waals surface area (Å²) in [5.74, 6) is -1.21. The SMILES string of the molecule is CC(CNC(=O)c1ccc(F)c(S(=O)(=O)N2CCCCC2)c1)N1CCN(C)CC1. The molecule has 0 spiro atoms. The molecule has 0 aliphatic carbocycles. The van der Waals surface area contributed by atoms with Crippen molar-refractivity contribution < 1.29 is 17.6 Å². The average molecular weight is 427 g/mol. The van der Waals surface area contributed by atoms with Crippen molar-refractivity contribution >= 4 is 15.9 Å². The fourth-order valence-electron chi connectivity index (χ4n) is 3.82. The Hall–Kier alpha value is -1.55. The molecule has 0 bridgehead atoms. The van der Waals surface area contributed by atoms with E-state index in [2.05, 4.69) is 29.1 Å². The summed E-state index contributed by atoms with van der Waals surface area (Å²) >= 11 is 0. The van der Waals surface area contributed by atoms with Crippen LogP contribution in [-0.4, -0.2) is 87.3 Å². The fraction of sp³-hybridized carbons (Fsp3) is 0.650. The minimum atomic E-state index is -3.94. The fourth-order valence-corrected chi connectivity index (χ4v) is 5.43. The highest BCUT2D eigenvalue weighted by Gasteiger charge is 2.29. The minimum absolute atomic E-state index is 0.160. The van der Waals surface area contributed by atoms with Crippen LogP contribution in [0.3, 0.4) is 0 Å². The number of sulfonamides is 1. The second-order valence-corrected chi connectivity index (χ2v) is 9.91. The molecule has 7 nitrogen and oxygen atoms in total. The first-order chi connectivity index (χ1) is 13.8. The van der Waals surface area contributed by atoms with Gasteiger partial charge in [0.15, 0.2) is 0 Å². The molecule has 0 radical (unpaired) electrons. The second-order valence-electron chi connectivity index (χ2n) is 8.01. The first kappa shape index (κ1) is 22.1. The van der Waals surface area contributed by atoms with Crippen LogP contribution in [-0.2, 0) is 10.0 Å². The largest absolute Gasteiger partial charge is 0.350 e. The van der Waals surface area contributed by atoms with Crippen LogP contribution in [0.25, 0.3) is 0 Å². The highest BCUT2D eigenvalue weighted by atomic mass is 32.2. The topological polar surface area (TPSA) is 73.0 Å². The lowest BCUT2D eigenvalue weighted by Crippen LogP contribution is -2.51. The van der Waals surface area contributed by atoms with Crippen LogP contribution < -0.4 is 5.32 Å². The zero-order valence-corrected chi connectivity index (χ0v) is 18.0. The van der Waals surface area contributed by atoms with Crippen molar-refractivity contribution in [3.05, 3.63) is 29.6 Å². The Morgan fingerprint density at radius 3 is 2.41 bits per heavy atom. The van der Waals surface area contributed by atoms with Crippen LogP contribution in [0.2, 0.25) is 0 Å². The van der Waals surface area contributed by atoms with Gasteiger partial charge in [-0.2, -0.15) is 4.31 Å². The van der Waals surface area contributed by atoms with Gasteiger partial charge in [-0.1, -0.05) is 6.42 Å². The van der Waals surface area contributed by atoms with Gasteiger partial charge in [-0.25, -0.2) is 12.8 Å². The highest BCUT2D eigenvalue weighted by molar-refractivity contribution is 7.89. The number of hydrogen-bond acceptors (Lipinski definition) is 5. The Morgan fingerprint density at radius 1 is 1.10 bits per heavy atom. The predicted octanol–water partition coefficient (Wildman–Crippen LogP) is 1.37. The Morgan fingerprint density at radius 2 is 1.76 bits per heavy atom. The number of piperazine rings is 1. The Balaban J connectivity index is 1.66. The summed E-state index contributed by atoms with van der Waals surface area (Å²) in [4.78, 5) is 16.7. The Labute approximate surface area is 172 Å². The maximum Gasteiger partial charge on any atom is 0.251 e. The molecule has 1 N–H and O–H groups in total. The molecule has 2 aliphatic rings. The third kappa shape index (κ3) is 5.33. The number of carbonyl (C=O) groups is 1. The maximum atomic E-state index is 14.3. The van der Waals surface area contributed by atoms with E-state index in [9.17, 15) is 17.6 Å². The summed E-state index contributed by atoms with van der Waals surface area (Å²) in [6.07, 6.45) is 2.51. The van der Waals surface area contributed by atoms with E-state index >= 15 is 0 Å². The lowest BCUT2D eigenvalue weighted by molar-refractivity contribution is 0.0903. The average Bonchev–Trinajstić information content (AvgIpc) is 2.73. The summed E-state index contributed by atoms with van der Waals surface area (Å²) < 4.78 is 41.3. The minimum Gasteiger partial charge on any atom is -0.350 e. The molecule has 2 aliphatic heterocycles. The maximum absolute atomic E-state index is 14.3. The van der Waals surface area contributed by atoms with Crippen LogP contribution in [0, 0.1) is 5.82 Å². The number of likely N-dealkylation sites (N-methyl/N-ethyl adjacent to an activating group) is 1. The number of hydrogen-bond donors (Lipinski definition) is 1. The van der Waals surface area contributed by atoms with Gasteiger partial charge in [0.2, 0.25) is 10.0 Å². The van der Waals surface area contributed by atoms with Gasteiger partial charge in [-0.05, 0) is 45.0 Å². The number of nitrogens with zero attached hydrogens (tertiary/aromatic N) is 3. The van der Waals surface area contributed by atoms with Crippen molar-refractivity contribution in [3.8, 4) is 0 Å². The van der Waals surface area contributed by atoms with Gasteiger partial charge in [0.1, 0.15) is 10.7 Å². The molecule has 29 heavy (non-hydrogen) atoms. The van der Waals surface area contributed by atoms with E-state index in [4.69, 9.17) is 0 Å². The van der Waals surface area contributed by atoms with Crippen LogP contribution >= 0.6 is 0 Å². The van der Waals surface area contributed by atoms with Gasteiger partial charge in [0.05, 0.1) is 0 Å². The molecule has 9 heteroatoms. The summed E-state index contributed by atoms with van der Waals surface area (Å²) in [5.41, 5.74) is 0.160. The monoisotopic (exact) mass is 426 g/mol. The molecular formula is C20H31FN4O3S. The molecule has 1 atom stereocenters. The summed E-state index contributed by atoms with van der Waals surface area (Å²) in [6.45, 7) is 7.17. The standard InChI is InChI=1S/C20H31FN4O3S/c1-16(24-12-10-23(2)11-13-24)15-22-20(26)17-6-7-18(21)19(14-17)29(27,28)25-8-4-3-5-9-25/h6-7,14,16H,3-5,8-13,15H2,1-2H3,(H,22,26). The van der Waals surface area contributed by atoms with Gasteiger partial charge in [-0.15, -0.1) is 0 Å². The summed E-state index contributed by atoms with van der Waals surface area (Å²) in [6, 6.07) is 3.73. The van der Waals surface area contributed by atoms with Crippen LogP contribution in [0.15, 0.2) is 23.1 Å². The van der Waals surface area contributed by atoms with Gasteiger partial charge in [-0.3, -0.25) is 9.69 Å². The number of halogens is 1. The molecule has 2 heterocycles. The molecule has 1 unspecified atom stereocenters. The Bertz CT molecular complexity index is 819. The molecule has 1 amide bonds. The quantitative estimate of drug-likeness (QED) is 0.744. The first-order valence-corrected chi connectivity index (χ1v) is 11.7. The van der Waals surface area contributed by atoms with E-state index in [-0.39, 0.29) is 17.5 Å². The third-order valence-corrected chi connectivity index (χ3v) is 7.76. The van der Waals surface area contributed by atoms with Crippen molar-refractivity contribution in [3.63, 3.8) is 0 Å². The molecule has 1 aromatic carbocycles. The molecule has 0 aromatic heterocycles. The van der Waals surface area contributed by atoms with E-state index < -0.39 is 20.7 Å². The van der Waals surface area contributed by atoms with E-state index in [1.54, 1.807) is 0 Å². The summed E-state index contributed by atoms with van der Waals surface area (Å²) in [7, 11) is -1.85. The number of amides is 1. The smallest absolute Gasteiger partial charge is 0.251 e. The van der Waals surface area contributed by atoms with Crippen LogP contribution in [0.5, 0.6) is 0 Å². The normalized spacial score (nSPS) is 21.1. The van der Waals surface area contributed by atoms with Gasteiger partial charge < -0.3 is 10.2 Å². The molecule has 162 valence electrons. The lowest BCUT2D eigenvalue weighted by atomic mass is 10.2. The van der Waals surface area contributed by atoms with E-state index in [1.807, 2.05) is 0 Å². The van der Waals surface area contributed by atoms with Crippen molar-refractivity contribution in [2.24, 2.45) is 0 Å². The Kier molecular flexibility index (Phi) is 7.26. The van der Waals surface area contributed by atoms with Gasteiger partial charge in [0.25, 0.3) is 5.91 Å². The molecule has 2 fully saturated rings. The highest BCUT2D eigenvalue weighted by Crippen LogP contribution is 2.24. The second kappa shape index (κ2) is 9.51. The van der Waals surface area contributed by atoms with E-state index in [1.165, 1.54) is 10.4 Å². The van der Waals surface area contributed by atoms with Crippen molar-refractivity contribution in [2.45, 2.75) is 37.1 Å². The molecule has 2 saturated heterocycles. The number of rotatable bonds is 6. The third-order valence-electron chi connectivity index (χ3n) is 5.85. The zero-order chi connectivity index (χ0) is 21.0. The predicted molar refractivity (Wildman–Crippen MR) is 110 cm³/mol. The first-order valence-electron chi connectivity index (χ1n) is 10.3. The summed E-state index contributed by atoms with van der Waals surface area (Å²) in [5, 5.41) is 2.86. The molecule has 1 aromatic rings. The molecular weight excluding hydrogens is 395 g/mol. The van der Waals surface area contributed by atoms with Gasteiger partial charge in [0, 0.05) is 57.4 Å². The van der Waals surface area contributed by atoms with Crippen LogP contribution in [0.1, 0.15) is 36.5 Å². The number of carbonyl (C=O) groups excluding carboxylic acids is 1.